The second-order valence-electron chi connectivity index (χ2n) is 5.58. The van der Waals surface area contributed by atoms with E-state index in [1.807, 2.05) is 13.8 Å². The van der Waals surface area contributed by atoms with Gasteiger partial charge in [-0.1, -0.05) is 0 Å². The summed E-state index contributed by atoms with van der Waals surface area (Å²) in [6.45, 7) is 7.82. The summed E-state index contributed by atoms with van der Waals surface area (Å²) in [6, 6.07) is 0.154. The van der Waals surface area contributed by atoms with Crippen molar-refractivity contribution in [2.75, 3.05) is 19.8 Å². The minimum absolute atomic E-state index is 0.154. The predicted molar refractivity (Wildman–Crippen MR) is 71.3 cm³/mol. The fourth-order valence-corrected chi connectivity index (χ4v) is 2.39. The van der Waals surface area contributed by atoms with Crippen molar-refractivity contribution in [1.82, 2.24) is 4.90 Å². The van der Waals surface area contributed by atoms with Crippen molar-refractivity contribution < 1.29 is 14.6 Å². The number of nitrogens with zero attached hydrogens (tertiary/aromatic N) is 1. The Hall–Kier alpha value is -0.610. The van der Waals surface area contributed by atoms with Crippen molar-refractivity contribution in [3.8, 4) is 0 Å². The van der Waals surface area contributed by atoms with Gasteiger partial charge in [0.25, 0.3) is 0 Å². The summed E-state index contributed by atoms with van der Waals surface area (Å²) in [5, 5.41) is 9.43. The molecule has 0 spiro atoms. The van der Waals surface area contributed by atoms with Crippen LogP contribution >= 0.6 is 0 Å². The number of aliphatic hydroxyl groups excluding tert-OH is 1. The summed E-state index contributed by atoms with van der Waals surface area (Å²) in [6.07, 6.45) is 3.23. The molecule has 1 rings (SSSR count). The highest BCUT2D eigenvalue weighted by atomic mass is 16.5. The standard InChI is InChI=1S/C14H27NO3/c1-11(2)15(10-12(3)16)14(17)5-4-13-6-8-18-9-7-13/h11-13,16H,4-10H2,1-3H3. The fourth-order valence-electron chi connectivity index (χ4n) is 2.39. The average molecular weight is 257 g/mol. The van der Waals surface area contributed by atoms with Crippen LogP contribution in [0.25, 0.3) is 0 Å². The largest absolute Gasteiger partial charge is 0.392 e. The molecule has 0 aromatic heterocycles. The van der Waals surface area contributed by atoms with Gasteiger partial charge >= 0.3 is 0 Å². The fraction of sp³-hybridized carbons (Fsp3) is 0.929. The Morgan fingerprint density at radius 1 is 1.33 bits per heavy atom. The summed E-state index contributed by atoms with van der Waals surface area (Å²) >= 11 is 0. The van der Waals surface area contributed by atoms with Crippen LogP contribution in [0.4, 0.5) is 0 Å². The van der Waals surface area contributed by atoms with Crippen LogP contribution in [-0.4, -0.2) is 47.8 Å². The third-order valence-corrected chi connectivity index (χ3v) is 3.51. The SMILES string of the molecule is CC(O)CN(C(=O)CCC1CCOCC1)C(C)C. The lowest BCUT2D eigenvalue weighted by atomic mass is 9.94. The molecule has 18 heavy (non-hydrogen) atoms. The van der Waals surface area contributed by atoms with Crippen LogP contribution in [0, 0.1) is 5.92 Å². The second-order valence-corrected chi connectivity index (χ2v) is 5.58. The summed E-state index contributed by atoms with van der Waals surface area (Å²) in [5.74, 6) is 0.792. The van der Waals surface area contributed by atoms with E-state index in [2.05, 4.69) is 0 Å². The molecule has 1 unspecified atom stereocenters. The van der Waals surface area contributed by atoms with Gasteiger partial charge in [0, 0.05) is 32.2 Å². The van der Waals surface area contributed by atoms with Crippen LogP contribution in [-0.2, 0) is 9.53 Å². The van der Waals surface area contributed by atoms with Crippen molar-refractivity contribution in [1.29, 1.82) is 0 Å². The lowest BCUT2D eigenvalue weighted by Gasteiger charge is -2.29. The minimum Gasteiger partial charge on any atom is -0.392 e. The predicted octanol–water partition coefficient (Wildman–Crippen LogP) is 1.81. The average Bonchev–Trinajstić information content (AvgIpc) is 2.34. The zero-order valence-corrected chi connectivity index (χ0v) is 11.9. The Labute approximate surface area is 110 Å². The number of hydrogen-bond donors (Lipinski definition) is 1. The van der Waals surface area contributed by atoms with Gasteiger partial charge in [0.2, 0.25) is 5.91 Å². The molecule has 1 amide bonds. The highest BCUT2D eigenvalue weighted by Gasteiger charge is 2.21. The summed E-state index contributed by atoms with van der Waals surface area (Å²) in [7, 11) is 0. The van der Waals surface area contributed by atoms with E-state index in [0.29, 0.717) is 18.9 Å². The maximum absolute atomic E-state index is 12.1. The van der Waals surface area contributed by atoms with E-state index in [4.69, 9.17) is 4.74 Å². The second kappa shape index (κ2) is 7.74. The van der Waals surface area contributed by atoms with Crippen molar-refractivity contribution in [3.63, 3.8) is 0 Å². The number of aliphatic hydroxyl groups is 1. The van der Waals surface area contributed by atoms with E-state index >= 15 is 0 Å². The molecule has 1 aliphatic heterocycles. The molecule has 4 nitrogen and oxygen atoms in total. The van der Waals surface area contributed by atoms with Crippen LogP contribution in [0.5, 0.6) is 0 Å². The summed E-state index contributed by atoms with van der Waals surface area (Å²) in [5.41, 5.74) is 0. The van der Waals surface area contributed by atoms with Gasteiger partial charge in [0.15, 0.2) is 0 Å². The van der Waals surface area contributed by atoms with Crippen LogP contribution in [0.15, 0.2) is 0 Å². The van der Waals surface area contributed by atoms with Crippen molar-refractivity contribution >= 4 is 5.91 Å². The number of carbonyl (C=O) groups excluding carboxylic acids is 1. The smallest absolute Gasteiger partial charge is 0.222 e. The maximum Gasteiger partial charge on any atom is 0.222 e. The molecule has 1 fully saturated rings. The molecule has 0 radical (unpaired) electrons. The van der Waals surface area contributed by atoms with Crippen LogP contribution in [0.3, 0.4) is 0 Å². The molecule has 0 saturated carbocycles. The van der Waals surface area contributed by atoms with E-state index in [0.717, 1.165) is 32.5 Å². The van der Waals surface area contributed by atoms with E-state index in [-0.39, 0.29) is 11.9 Å². The van der Waals surface area contributed by atoms with Gasteiger partial charge in [-0.05, 0) is 46.0 Å². The molecule has 0 aromatic carbocycles. The zero-order chi connectivity index (χ0) is 13.5. The molecule has 4 heteroatoms. The van der Waals surface area contributed by atoms with Crippen molar-refractivity contribution in [2.24, 2.45) is 5.92 Å². The molecule has 0 bridgehead atoms. The Bertz CT molecular complexity index is 247. The minimum atomic E-state index is -0.459. The van der Waals surface area contributed by atoms with Gasteiger partial charge in [-0.15, -0.1) is 0 Å². The first-order valence-corrected chi connectivity index (χ1v) is 7.06. The van der Waals surface area contributed by atoms with Crippen LogP contribution < -0.4 is 0 Å². The van der Waals surface area contributed by atoms with Crippen LogP contribution in [0.1, 0.15) is 46.5 Å². The summed E-state index contributed by atoms with van der Waals surface area (Å²) in [4.78, 5) is 13.9. The molecule has 0 aliphatic carbocycles. The number of rotatable bonds is 6. The van der Waals surface area contributed by atoms with Gasteiger partial charge in [-0.25, -0.2) is 0 Å². The first-order valence-electron chi connectivity index (χ1n) is 7.06. The van der Waals surface area contributed by atoms with Crippen molar-refractivity contribution in [2.45, 2.75) is 58.6 Å². The van der Waals surface area contributed by atoms with Gasteiger partial charge in [0.05, 0.1) is 6.10 Å². The van der Waals surface area contributed by atoms with E-state index in [1.165, 1.54) is 0 Å². The van der Waals surface area contributed by atoms with Gasteiger partial charge in [-0.3, -0.25) is 4.79 Å². The lowest BCUT2D eigenvalue weighted by Crippen LogP contribution is -2.41. The molecule has 106 valence electrons. The first kappa shape index (κ1) is 15.4. The molecule has 1 atom stereocenters. The van der Waals surface area contributed by atoms with E-state index in [9.17, 15) is 9.90 Å². The number of amides is 1. The normalized spacial score (nSPS) is 18.9. The van der Waals surface area contributed by atoms with Crippen LogP contribution in [0.2, 0.25) is 0 Å². The van der Waals surface area contributed by atoms with E-state index < -0.39 is 6.10 Å². The topological polar surface area (TPSA) is 49.8 Å². The molecule has 1 heterocycles. The van der Waals surface area contributed by atoms with E-state index in [1.54, 1.807) is 11.8 Å². The summed E-state index contributed by atoms with van der Waals surface area (Å²) < 4.78 is 5.32. The first-order chi connectivity index (χ1) is 8.50. The molecule has 1 N–H and O–H groups in total. The number of carbonyl (C=O) groups is 1. The Morgan fingerprint density at radius 2 is 1.94 bits per heavy atom. The Balaban J connectivity index is 2.35. The third kappa shape index (κ3) is 5.36. The van der Waals surface area contributed by atoms with Crippen molar-refractivity contribution in [3.05, 3.63) is 0 Å². The number of hydrogen-bond acceptors (Lipinski definition) is 3. The molecular formula is C14H27NO3. The monoisotopic (exact) mass is 257 g/mol. The molecule has 1 aliphatic rings. The highest BCUT2D eigenvalue weighted by molar-refractivity contribution is 5.76. The third-order valence-electron chi connectivity index (χ3n) is 3.51. The van der Waals surface area contributed by atoms with Gasteiger partial charge < -0.3 is 14.7 Å². The van der Waals surface area contributed by atoms with Gasteiger partial charge in [-0.2, -0.15) is 0 Å². The quantitative estimate of drug-likeness (QED) is 0.789. The highest BCUT2D eigenvalue weighted by Crippen LogP contribution is 2.20. The number of ether oxygens (including phenoxy) is 1. The molecule has 0 aromatic rings. The maximum atomic E-state index is 12.1. The molecule has 1 saturated heterocycles. The molecular weight excluding hydrogens is 230 g/mol. The zero-order valence-electron chi connectivity index (χ0n) is 11.9. The van der Waals surface area contributed by atoms with Gasteiger partial charge in [0.1, 0.15) is 0 Å². The lowest BCUT2D eigenvalue weighted by molar-refractivity contribution is -0.134. The Morgan fingerprint density at radius 3 is 2.44 bits per heavy atom. The Kier molecular flexibility index (Phi) is 6.65.